The van der Waals surface area contributed by atoms with Gasteiger partial charge in [0.2, 0.25) is 5.89 Å². The average Bonchev–Trinajstić information content (AvgIpc) is 2.49. The van der Waals surface area contributed by atoms with Gasteiger partial charge in [-0.1, -0.05) is 39.3 Å². The predicted octanol–water partition coefficient (Wildman–Crippen LogP) is 2.63. The first-order valence-electron chi connectivity index (χ1n) is 5.86. The van der Waals surface area contributed by atoms with Crippen molar-refractivity contribution in [1.29, 1.82) is 0 Å². The molecule has 0 amide bonds. The Balaban J connectivity index is 2.79. The standard InChI is InChI=1S/C12H23N3O/c1-6-7-12(5,13)10-14-9(15-16-10)8-11(2,3)4/h6-8,13H2,1-5H3. The quantitative estimate of drug-likeness (QED) is 0.855. The van der Waals surface area contributed by atoms with Crippen molar-refractivity contribution in [2.45, 2.75) is 59.4 Å². The van der Waals surface area contributed by atoms with Crippen LogP contribution in [0.3, 0.4) is 0 Å². The molecule has 0 saturated carbocycles. The van der Waals surface area contributed by atoms with E-state index in [2.05, 4.69) is 37.8 Å². The van der Waals surface area contributed by atoms with E-state index < -0.39 is 5.54 Å². The first-order chi connectivity index (χ1) is 7.24. The summed E-state index contributed by atoms with van der Waals surface area (Å²) < 4.78 is 5.24. The fourth-order valence-corrected chi connectivity index (χ4v) is 1.66. The maximum absolute atomic E-state index is 6.13. The second-order valence-corrected chi connectivity index (χ2v) is 5.92. The topological polar surface area (TPSA) is 64.9 Å². The molecule has 2 N–H and O–H groups in total. The molecule has 1 aromatic rings. The zero-order valence-electron chi connectivity index (χ0n) is 11.0. The number of nitrogens with two attached hydrogens (primary N) is 1. The maximum Gasteiger partial charge on any atom is 0.246 e. The molecule has 0 saturated heterocycles. The number of aromatic nitrogens is 2. The maximum atomic E-state index is 6.13. The summed E-state index contributed by atoms with van der Waals surface area (Å²) in [7, 11) is 0. The van der Waals surface area contributed by atoms with Gasteiger partial charge >= 0.3 is 0 Å². The lowest BCUT2D eigenvalue weighted by Gasteiger charge is -2.18. The van der Waals surface area contributed by atoms with Crippen molar-refractivity contribution < 1.29 is 4.52 Å². The molecule has 1 unspecified atom stereocenters. The summed E-state index contributed by atoms with van der Waals surface area (Å²) in [5.74, 6) is 1.30. The van der Waals surface area contributed by atoms with Crippen LogP contribution in [-0.4, -0.2) is 10.1 Å². The molecule has 92 valence electrons. The molecule has 0 radical (unpaired) electrons. The Labute approximate surface area is 97.6 Å². The van der Waals surface area contributed by atoms with Gasteiger partial charge in [0.05, 0.1) is 5.54 Å². The summed E-state index contributed by atoms with van der Waals surface area (Å²) in [6.45, 7) is 10.5. The van der Waals surface area contributed by atoms with Gasteiger partial charge in [-0.3, -0.25) is 0 Å². The van der Waals surface area contributed by atoms with E-state index in [-0.39, 0.29) is 5.41 Å². The third kappa shape index (κ3) is 3.59. The van der Waals surface area contributed by atoms with Gasteiger partial charge in [0.15, 0.2) is 5.82 Å². The van der Waals surface area contributed by atoms with E-state index in [1.54, 1.807) is 0 Å². The van der Waals surface area contributed by atoms with Crippen LogP contribution in [0.2, 0.25) is 0 Å². The summed E-state index contributed by atoms with van der Waals surface area (Å²) >= 11 is 0. The monoisotopic (exact) mass is 225 g/mol. The van der Waals surface area contributed by atoms with Crippen molar-refractivity contribution >= 4 is 0 Å². The molecule has 0 fully saturated rings. The SMILES string of the molecule is CCCC(C)(N)c1nc(CC(C)(C)C)no1. The van der Waals surface area contributed by atoms with Gasteiger partial charge in [0.1, 0.15) is 0 Å². The molecule has 4 nitrogen and oxygen atoms in total. The molecule has 0 aliphatic rings. The number of hydrogen-bond donors (Lipinski definition) is 1. The molecule has 0 aliphatic carbocycles. The van der Waals surface area contributed by atoms with Crippen molar-refractivity contribution in [2.75, 3.05) is 0 Å². The molecule has 1 heterocycles. The molecule has 1 atom stereocenters. The first-order valence-corrected chi connectivity index (χ1v) is 5.86. The lowest BCUT2D eigenvalue weighted by Crippen LogP contribution is -2.33. The minimum Gasteiger partial charge on any atom is -0.337 e. The highest BCUT2D eigenvalue weighted by Gasteiger charge is 2.28. The van der Waals surface area contributed by atoms with Crippen molar-refractivity contribution in [1.82, 2.24) is 10.1 Å². The van der Waals surface area contributed by atoms with Crippen molar-refractivity contribution in [3.63, 3.8) is 0 Å². The van der Waals surface area contributed by atoms with Crippen molar-refractivity contribution in [2.24, 2.45) is 11.1 Å². The van der Waals surface area contributed by atoms with Gasteiger partial charge in [-0.05, 0) is 18.8 Å². The minimum absolute atomic E-state index is 0.164. The van der Waals surface area contributed by atoms with Crippen molar-refractivity contribution in [3.05, 3.63) is 11.7 Å². The van der Waals surface area contributed by atoms with Gasteiger partial charge in [-0.15, -0.1) is 0 Å². The zero-order valence-corrected chi connectivity index (χ0v) is 11.0. The van der Waals surface area contributed by atoms with Gasteiger partial charge in [0, 0.05) is 6.42 Å². The van der Waals surface area contributed by atoms with E-state index in [1.165, 1.54) is 0 Å². The normalized spacial score (nSPS) is 16.1. The van der Waals surface area contributed by atoms with E-state index in [9.17, 15) is 0 Å². The summed E-state index contributed by atoms with van der Waals surface area (Å²) in [5, 5.41) is 3.98. The van der Waals surface area contributed by atoms with E-state index in [0.717, 1.165) is 25.1 Å². The van der Waals surface area contributed by atoms with E-state index in [4.69, 9.17) is 10.3 Å². The van der Waals surface area contributed by atoms with Crippen LogP contribution in [0.15, 0.2) is 4.52 Å². The third-order valence-corrected chi connectivity index (χ3v) is 2.41. The number of hydrogen-bond acceptors (Lipinski definition) is 4. The fraction of sp³-hybridized carbons (Fsp3) is 0.833. The second kappa shape index (κ2) is 4.53. The smallest absolute Gasteiger partial charge is 0.246 e. The van der Waals surface area contributed by atoms with E-state index in [0.29, 0.717) is 5.89 Å². The molecule has 16 heavy (non-hydrogen) atoms. The van der Waals surface area contributed by atoms with Crippen LogP contribution in [-0.2, 0) is 12.0 Å². The lowest BCUT2D eigenvalue weighted by atomic mass is 9.92. The van der Waals surface area contributed by atoms with Crippen LogP contribution in [0.5, 0.6) is 0 Å². The summed E-state index contributed by atoms with van der Waals surface area (Å²) in [5.41, 5.74) is 5.79. The zero-order chi connectivity index (χ0) is 12.4. The van der Waals surface area contributed by atoms with E-state index in [1.807, 2.05) is 6.92 Å². The van der Waals surface area contributed by atoms with Gasteiger partial charge < -0.3 is 10.3 Å². The summed E-state index contributed by atoms with van der Waals surface area (Å²) in [4.78, 5) is 4.38. The average molecular weight is 225 g/mol. The summed E-state index contributed by atoms with van der Waals surface area (Å²) in [6.07, 6.45) is 2.66. The van der Waals surface area contributed by atoms with Crippen LogP contribution in [0.4, 0.5) is 0 Å². The Morgan fingerprint density at radius 1 is 1.25 bits per heavy atom. The Morgan fingerprint density at radius 3 is 2.38 bits per heavy atom. The number of rotatable bonds is 4. The summed E-state index contributed by atoms with van der Waals surface area (Å²) in [6, 6.07) is 0. The molecular weight excluding hydrogens is 202 g/mol. The van der Waals surface area contributed by atoms with Gasteiger partial charge in [0.25, 0.3) is 0 Å². The molecular formula is C12H23N3O. The molecule has 0 spiro atoms. The van der Waals surface area contributed by atoms with Crippen LogP contribution in [0.25, 0.3) is 0 Å². The van der Waals surface area contributed by atoms with E-state index >= 15 is 0 Å². The highest BCUT2D eigenvalue weighted by atomic mass is 16.5. The Kier molecular flexibility index (Phi) is 3.73. The molecule has 0 aromatic carbocycles. The lowest BCUT2D eigenvalue weighted by molar-refractivity contribution is 0.280. The Hall–Kier alpha value is -0.900. The predicted molar refractivity (Wildman–Crippen MR) is 63.9 cm³/mol. The second-order valence-electron chi connectivity index (χ2n) is 5.92. The van der Waals surface area contributed by atoms with Crippen LogP contribution in [0.1, 0.15) is 59.2 Å². The van der Waals surface area contributed by atoms with Crippen LogP contribution in [0, 0.1) is 5.41 Å². The molecule has 0 bridgehead atoms. The van der Waals surface area contributed by atoms with Gasteiger partial charge in [-0.25, -0.2) is 0 Å². The third-order valence-electron chi connectivity index (χ3n) is 2.41. The highest BCUT2D eigenvalue weighted by molar-refractivity contribution is 5.00. The van der Waals surface area contributed by atoms with Crippen LogP contribution < -0.4 is 5.73 Å². The fourth-order valence-electron chi connectivity index (χ4n) is 1.66. The Bertz CT molecular complexity index is 336. The molecule has 0 aliphatic heterocycles. The molecule has 1 aromatic heterocycles. The van der Waals surface area contributed by atoms with Gasteiger partial charge in [-0.2, -0.15) is 4.98 Å². The van der Waals surface area contributed by atoms with Crippen molar-refractivity contribution in [3.8, 4) is 0 Å². The molecule has 4 heteroatoms. The largest absolute Gasteiger partial charge is 0.337 e. The van der Waals surface area contributed by atoms with Crippen LogP contribution >= 0.6 is 0 Å². The first kappa shape index (κ1) is 13.2. The minimum atomic E-state index is -0.502. The molecule has 1 rings (SSSR count). The Morgan fingerprint density at radius 2 is 1.88 bits per heavy atom. The highest BCUT2D eigenvalue weighted by Crippen LogP contribution is 2.23. The number of nitrogens with zero attached hydrogens (tertiary/aromatic N) is 2.